The maximum absolute atomic E-state index is 13.6. The summed E-state index contributed by atoms with van der Waals surface area (Å²) in [7, 11) is 1.36. The van der Waals surface area contributed by atoms with E-state index in [4.69, 9.17) is 14.1 Å². The zero-order valence-electron chi connectivity index (χ0n) is 22.5. The lowest BCUT2D eigenvalue weighted by Gasteiger charge is -2.12. The number of carbonyl (C=O) groups is 2. The highest BCUT2D eigenvalue weighted by molar-refractivity contribution is 7.16. The van der Waals surface area contributed by atoms with Crippen LogP contribution in [0, 0.1) is 13.8 Å². The van der Waals surface area contributed by atoms with E-state index in [0.29, 0.717) is 27.6 Å². The van der Waals surface area contributed by atoms with Crippen molar-refractivity contribution >= 4 is 40.1 Å². The van der Waals surface area contributed by atoms with E-state index in [1.165, 1.54) is 30.4 Å². The molecule has 1 amide bonds. The molecular formula is C32H32N2O4S. The number of thiophene rings is 1. The van der Waals surface area contributed by atoms with Crippen molar-refractivity contribution in [2.75, 3.05) is 12.4 Å². The number of benzene rings is 2. The van der Waals surface area contributed by atoms with Gasteiger partial charge in [-0.2, -0.15) is 0 Å². The summed E-state index contributed by atoms with van der Waals surface area (Å²) in [5, 5.41) is 3.83. The first-order valence-corrected chi connectivity index (χ1v) is 14.1. The van der Waals surface area contributed by atoms with E-state index in [-0.39, 0.29) is 11.9 Å². The number of carbonyl (C=O) groups excluding carboxylic acids is 2. The molecule has 6 nitrogen and oxygen atoms in total. The molecule has 2 aromatic heterocycles. The number of nitrogens with one attached hydrogen (secondary N) is 1. The summed E-state index contributed by atoms with van der Waals surface area (Å²) in [6.45, 7) is 4.11. The van der Waals surface area contributed by atoms with Gasteiger partial charge in [0.15, 0.2) is 0 Å². The van der Waals surface area contributed by atoms with Crippen LogP contribution in [-0.4, -0.2) is 25.2 Å². The topological polar surface area (TPSA) is 80.9 Å². The molecule has 2 heterocycles. The molecule has 0 bridgehead atoms. The number of nitrogens with zero attached hydrogens (tertiary/aromatic N) is 1. The second kappa shape index (κ2) is 11.8. The second-order valence-electron chi connectivity index (χ2n) is 9.88. The van der Waals surface area contributed by atoms with Gasteiger partial charge in [0.2, 0.25) is 0 Å². The third kappa shape index (κ3) is 6.04. The summed E-state index contributed by atoms with van der Waals surface area (Å²) in [6.07, 6.45) is 8.16. The van der Waals surface area contributed by atoms with Gasteiger partial charge in [0, 0.05) is 16.1 Å². The minimum Gasteiger partial charge on any atom is -0.465 e. The van der Waals surface area contributed by atoms with Crippen molar-refractivity contribution in [1.82, 2.24) is 0 Å². The van der Waals surface area contributed by atoms with Crippen molar-refractivity contribution < 1.29 is 18.7 Å². The molecule has 2 aromatic carbocycles. The smallest absolute Gasteiger partial charge is 0.337 e. The molecule has 4 aromatic rings. The van der Waals surface area contributed by atoms with Crippen LogP contribution in [0.1, 0.15) is 73.7 Å². The van der Waals surface area contributed by atoms with Crippen LogP contribution in [0.25, 0.3) is 11.3 Å². The van der Waals surface area contributed by atoms with Gasteiger partial charge < -0.3 is 14.5 Å². The van der Waals surface area contributed by atoms with E-state index < -0.39 is 0 Å². The average Bonchev–Trinajstić information content (AvgIpc) is 3.53. The lowest BCUT2D eigenvalue weighted by Crippen LogP contribution is -2.14. The molecule has 0 spiro atoms. The fraction of sp³-hybridized carbons (Fsp3) is 0.281. The molecule has 0 unspecified atom stereocenters. The van der Waals surface area contributed by atoms with Crippen molar-refractivity contribution in [2.24, 2.45) is 4.99 Å². The Morgan fingerprint density at radius 2 is 1.72 bits per heavy atom. The van der Waals surface area contributed by atoms with Crippen LogP contribution in [0.5, 0.6) is 0 Å². The average molecular weight is 541 g/mol. The molecule has 0 atom stereocenters. The normalized spacial score (nSPS) is 13.5. The third-order valence-electron chi connectivity index (χ3n) is 7.17. The Kier molecular flexibility index (Phi) is 8.07. The predicted molar refractivity (Wildman–Crippen MR) is 157 cm³/mol. The van der Waals surface area contributed by atoms with Gasteiger partial charge in [0.05, 0.1) is 24.5 Å². The van der Waals surface area contributed by atoms with Crippen molar-refractivity contribution in [3.05, 3.63) is 93.1 Å². The molecule has 1 aliphatic rings. The Bertz CT molecular complexity index is 1530. The number of amides is 1. The van der Waals surface area contributed by atoms with Crippen LogP contribution < -0.4 is 5.32 Å². The standard InChI is InChI=1S/C32H32N2O4S/c1-20-10-15-24(18-21(20)2)34-30(35)29-26-8-6-4-5-7-9-28(26)39-31(29)33-19-25-16-17-27(38-25)22-11-13-23(14-12-22)32(36)37-3/h10-19H,4-9H2,1-3H3,(H,34,35). The van der Waals surface area contributed by atoms with Gasteiger partial charge in [0.25, 0.3) is 5.91 Å². The molecule has 1 N–H and O–H groups in total. The van der Waals surface area contributed by atoms with Gasteiger partial charge >= 0.3 is 5.97 Å². The molecule has 7 heteroatoms. The number of hydrogen-bond donors (Lipinski definition) is 1. The Hall–Kier alpha value is -3.97. The first-order chi connectivity index (χ1) is 18.9. The molecule has 200 valence electrons. The van der Waals surface area contributed by atoms with Crippen molar-refractivity contribution in [3.63, 3.8) is 0 Å². The van der Waals surface area contributed by atoms with Crippen LogP contribution in [0.3, 0.4) is 0 Å². The number of esters is 1. The molecule has 1 aliphatic carbocycles. The Balaban J connectivity index is 1.42. The molecule has 0 radical (unpaired) electrons. The number of methoxy groups -OCH3 is 1. The van der Waals surface area contributed by atoms with E-state index in [1.54, 1.807) is 29.7 Å². The number of rotatable bonds is 6. The summed E-state index contributed by atoms with van der Waals surface area (Å²) in [5.41, 5.74) is 6.26. The van der Waals surface area contributed by atoms with Gasteiger partial charge in [0.1, 0.15) is 16.5 Å². The highest BCUT2D eigenvalue weighted by Crippen LogP contribution is 2.39. The largest absolute Gasteiger partial charge is 0.465 e. The number of fused-ring (bicyclic) bond motifs is 1. The van der Waals surface area contributed by atoms with Crippen LogP contribution in [0.4, 0.5) is 10.7 Å². The Morgan fingerprint density at radius 3 is 2.46 bits per heavy atom. The predicted octanol–water partition coefficient (Wildman–Crippen LogP) is 8.07. The number of ether oxygens (including phenoxy) is 1. The highest BCUT2D eigenvalue weighted by Gasteiger charge is 2.24. The van der Waals surface area contributed by atoms with Crippen molar-refractivity contribution in [3.8, 4) is 11.3 Å². The SMILES string of the molecule is COC(=O)c1ccc(-c2ccc(C=Nc3sc4c(c3C(=O)Nc3ccc(C)c(C)c3)CCCCCC4)o2)cc1. The van der Waals surface area contributed by atoms with Crippen molar-refractivity contribution in [1.29, 1.82) is 0 Å². The summed E-state index contributed by atoms with van der Waals surface area (Å²) < 4.78 is 10.8. The minimum atomic E-state index is -0.378. The number of aryl methyl sites for hydroxylation is 3. The van der Waals surface area contributed by atoms with Crippen LogP contribution in [-0.2, 0) is 17.6 Å². The minimum absolute atomic E-state index is 0.116. The number of aliphatic imine (C=N–C) groups is 1. The molecule has 39 heavy (non-hydrogen) atoms. The number of hydrogen-bond acceptors (Lipinski definition) is 6. The van der Waals surface area contributed by atoms with E-state index >= 15 is 0 Å². The van der Waals surface area contributed by atoms with Gasteiger partial charge in [-0.15, -0.1) is 11.3 Å². The Morgan fingerprint density at radius 1 is 0.949 bits per heavy atom. The first-order valence-electron chi connectivity index (χ1n) is 13.3. The number of anilines is 1. The summed E-state index contributed by atoms with van der Waals surface area (Å²) in [6, 6.07) is 16.8. The molecule has 0 saturated carbocycles. The van der Waals surface area contributed by atoms with Crippen LogP contribution >= 0.6 is 11.3 Å². The molecule has 0 fully saturated rings. The second-order valence-corrected chi connectivity index (χ2v) is 11.0. The number of furan rings is 1. The van der Waals surface area contributed by atoms with E-state index in [9.17, 15) is 9.59 Å². The Labute approximate surface area is 232 Å². The summed E-state index contributed by atoms with van der Waals surface area (Å²) >= 11 is 1.61. The molecular weight excluding hydrogens is 508 g/mol. The monoisotopic (exact) mass is 540 g/mol. The zero-order chi connectivity index (χ0) is 27.4. The van der Waals surface area contributed by atoms with Gasteiger partial charge in [-0.3, -0.25) is 4.79 Å². The molecule has 0 aliphatic heterocycles. The van der Waals surface area contributed by atoms with E-state index in [0.717, 1.165) is 48.1 Å². The van der Waals surface area contributed by atoms with Gasteiger partial charge in [-0.1, -0.05) is 31.0 Å². The van der Waals surface area contributed by atoms with Crippen molar-refractivity contribution in [2.45, 2.75) is 52.4 Å². The summed E-state index contributed by atoms with van der Waals surface area (Å²) in [4.78, 5) is 31.4. The van der Waals surface area contributed by atoms with Gasteiger partial charge in [-0.25, -0.2) is 9.79 Å². The van der Waals surface area contributed by atoms with Gasteiger partial charge in [-0.05, 0) is 92.6 Å². The lowest BCUT2D eigenvalue weighted by atomic mass is 9.96. The molecule has 5 rings (SSSR count). The fourth-order valence-electron chi connectivity index (χ4n) is 4.83. The van der Waals surface area contributed by atoms with E-state index in [1.807, 2.05) is 49.4 Å². The molecule has 0 saturated heterocycles. The van der Waals surface area contributed by atoms with E-state index in [2.05, 4.69) is 12.2 Å². The van der Waals surface area contributed by atoms with Crippen LogP contribution in [0.15, 0.2) is 64.0 Å². The quantitative estimate of drug-likeness (QED) is 0.198. The lowest BCUT2D eigenvalue weighted by molar-refractivity contribution is 0.0600. The third-order valence-corrected chi connectivity index (χ3v) is 8.37. The summed E-state index contributed by atoms with van der Waals surface area (Å²) in [5.74, 6) is 0.757. The maximum Gasteiger partial charge on any atom is 0.337 e. The van der Waals surface area contributed by atoms with Crippen LogP contribution in [0.2, 0.25) is 0 Å². The first kappa shape index (κ1) is 26.6. The maximum atomic E-state index is 13.6. The highest BCUT2D eigenvalue weighted by atomic mass is 32.1. The fourth-order valence-corrected chi connectivity index (χ4v) is 6.06. The zero-order valence-corrected chi connectivity index (χ0v) is 23.3.